The lowest BCUT2D eigenvalue weighted by Crippen LogP contribution is -2.41. The Morgan fingerprint density at radius 2 is 2.24 bits per heavy atom. The van der Waals surface area contributed by atoms with Crippen LogP contribution in [0.15, 0.2) is 49.3 Å². The molecular formula is C24H25ClFN5O3. The van der Waals surface area contributed by atoms with E-state index in [0.29, 0.717) is 53.1 Å². The molecule has 178 valence electrons. The Labute approximate surface area is 201 Å². The molecule has 3 aromatic rings. The second-order valence-electron chi connectivity index (χ2n) is 7.75. The number of hydrogen-bond acceptors (Lipinski definition) is 7. The number of rotatable bonds is 9. The van der Waals surface area contributed by atoms with E-state index in [0.717, 1.165) is 26.0 Å². The van der Waals surface area contributed by atoms with Gasteiger partial charge in [-0.25, -0.2) is 14.4 Å². The molecule has 1 aliphatic rings. The number of nitrogens with one attached hydrogen (secondary N) is 3. The summed E-state index contributed by atoms with van der Waals surface area (Å²) in [6.45, 7) is 6.27. The third-order valence-electron chi connectivity index (χ3n) is 5.32. The normalized spacial score (nSPS) is 15.6. The molecule has 1 unspecified atom stereocenters. The molecule has 1 atom stereocenters. The number of morpholine rings is 1. The van der Waals surface area contributed by atoms with Crippen molar-refractivity contribution in [2.45, 2.75) is 18.9 Å². The molecule has 2 heterocycles. The van der Waals surface area contributed by atoms with Gasteiger partial charge in [-0.3, -0.25) is 4.79 Å². The standard InChI is InChI=1S/C24H25ClFN5O3/c1-2-23(32)31-21-11-17-20(12-22(21)34-8-3-4-16-13-33-9-7-27-16)28-14-29-24(17)30-15-5-6-19(26)18(25)10-15/h2,5-6,10-12,14,16,27H,1,3-4,7-9,13H2,(H,31,32)(H,28,29,30). The first-order valence-corrected chi connectivity index (χ1v) is 11.3. The first-order chi connectivity index (χ1) is 16.5. The Morgan fingerprint density at radius 1 is 1.35 bits per heavy atom. The second-order valence-corrected chi connectivity index (χ2v) is 8.16. The number of amides is 1. The minimum Gasteiger partial charge on any atom is -0.491 e. The van der Waals surface area contributed by atoms with Crippen molar-refractivity contribution in [2.75, 3.05) is 37.0 Å². The number of hydrogen-bond donors (Lipinski definition) is 3. The Bertz CT molecular complexity index is 1190. The summed E-state index contributed by atoms with van der Waals surface area (Å²) in [4.78, 5) is 20.7. The van der Waals surface area contributed by atoms with E-state index >= 15 is 0 Å². The van der Waals surface area contributed by atoms with Crippen LogP contribution in [0.5, 0.6) is 5.75 Å². The van der Waals surface area contributed by atoms with Gasteiger partial charge >= 0.3 is 0 Å². The van der Waals surface area contributed by atoms with E-state index in [4.69, 9.17) is 21.1 Å². The van der Waals surface area contributed by atoms with Gasteiger partial charge in [0.15, 0.2) is 0 Å². The summed E-state index contributed by atoms with van der Waals surface area (Å²) < 4.78 is 25.0. The number of anilines is 3. The maximum absolute atomic E-state index is 13.5. The first kappa shape index (κ1) is 23.9. The third kappa shape index (κ3) is 5.99. The number of fused-ring (bicyclic) bond motifs is 1. The molecular weight excluding hydrogens is 461 g/mol. The van der Waals surface area contributed by atoms with Gasteiger partial charge in [-0.05, 0) is 43.2 Å². The van der Waals surface area contributed by atoms with Crippen LogP contribution in [0.2, 0.25) is 5.02 Å². The Hall–Kier alpha value is -3.27. The van der Waals surface area contributed by atoms with Gasteiger partial charge in [0.05, 0.1) is 36.0 Å². The van der Waals surface area contributed by atoms with Crippen LogP contribution in [-0.4, -0.2) is 48.3 Å². The quantitative estimate of drug-likeness (QED) is 0.304. The maximum Gasteiger partial charge on any atom is 0.247 e. The number of carbonyl (C=O) groups is 1. The van der Waals surface area contributed by atoms with Gasteiger partial charge in [-0.2, -0.15) is 0 Å². The molecule has 0 saturated carbocycles. The van der Waals surface area contributed by atoms with Crippen molar-refractivity contribution in [1.29, 1.82) is 0 Å². The molecule has 3 N–H and O–H groups in total. The van der Waals surface area contributed by atoms with E-state index in [1.165, 1.54) is 24.5 Å². The van der Waals surface area contributed by atoms with E-state index < -0.39 is 5.82 Å². The molecule has 10 heteroatoms. The molecule has 1 aliphatic heterocycles. The monoisotopic (exact) mass is 485 g/mol. The van der Waals surface area contributed by atoms with Gasteiger partial charge < -0.3 is 25.4 Å². The minimum absolute atomic E-state index is 0.00651. The highest BCUT2D eigenvalue weighted by atomic mass is 35.5. The summed E-state index contributed by atoms with van der Waals surface area (Å²) in [6.07, 6.45) is 4.33. The molecule has 0 spiro atoms. The van der Waals surface area contributed by atoms with Crippen molar-refractivity contribution in [3.63, 3.8) is 0 Å². The maximum atomic E-state index is 13.5. The zero-order chi connectivity index (χ0) is 23.9. The van der Waals surface area contributed by atoms with Crippen molar-refractivity contribution in [3.05, 3.63) is 60.2 Å². The topological polar surface area (TPSA) is 97.4 Å². The molecule has 0 bridgehead atoms. The predicted octanol–water partition coefficient (Wildman–Crippen LogP) is 4.44. The summed E-state index contributed by atoms with van der Waals surface area (Å²) in [7, 11) is 0. The molecule has 0 radical (unpaired) electrons. The van der Waals surface area contributed by atoms with E-state index in [-0.39, 0.29) is 10.9 Å². The Kier molecular flexibility index (Phi) is 7.89. The third-order valence-corrected chi connectivity index (χ3v) is 5.60. The zero-order valence-electron chi connectivity index (χ0n) is 18.4. The van der Waals surface area contributed by atoms with E-state index in [1.807, 2.05) is 0 Å². The number of aromatic nitrogens is 2. The average molecular weight is 486 g/mol. The summed E-state index contributed by atoms with van der Waals surface area (Å²) in [5, 5.41) is 9.95. The number of carbonyl (C=O) groups excluding carboxylic acids is 1. The fraction of sp³-hybridized carbons (Fsp3) is 0.292. The highest BCUT2D eigenvalue weighted by Crippen LogP contribution is 2.34. The van der Waals surface area contributed by atoms with Gasteiger partial charge in [0.25, 0.3) is 0 Å². The van der Waals surface area contributed by atoms with Gasteiger partial charge in [-0.15, -0.1) is 0 Å². The highest BCUT2D eigenvalue weighted by Gasteiger charge is 2.15. The van der Waals surface area contributed by atoms with Crippen LogP contribution in [0, 0.1) is 5.82 Å². The second kappa shape index (κ2) is 11.2. The molecule has 8 nitrogen and oxygen atoms in total. The molecule has 2 aromatic carbocycles. The van der Waals surface area contributed by atoms with Crippen LogP contribution in [0.25, 0.3) is 10.9 Å². The van der Waals surface area contributed by atoms with Crippen LogP contribution >= 0.6 is 11.6 Å². The van der Waals surface area contributed by atoms with Gasteiger partial charge in [-0.1, -0.05) is 18.2 Å². The van der Waals surface area contributed by atoms with E-state index in [2.05, 4.69) is 32.5 Å². The Balaban J connectivity index is 1.56. The summed E-state index contributed by atoms with van der Waals surface area (Å²) in [5.74, 6) is 0.0777. The molecule has 1 saturated heterocycles. The van der Waals surface area contributed by atoms with E-state index in [9.17, 15) is 9.18 Å². The van der Waals surface area contributed by atoms with Crippen molar-refractivity contribution < 1.29 is 18.7 Å². The van der Waals surface area contributed by atoms with Crippen LogP contribution in [-0.2, 0) is 9.53 Å². The largest absolute Gasteiger partial charge is 0.491 e. The van der Waals surface area contributed by atoms with Crippen LogP contribution < -0.4 is 20.7 Å². The summed E-state index contributed by atoms with van der Waals surface area (Å²) in [5.41, 5.74) is 1.63. The number of nitrogens with zero attached hydrogens (tertiary/aromatic N) is 2. The zero-order valence-corrected chi connectivity index (χ0v) is 19.2. The summed E-state index contributed by atoms with van der Waals surface area (Å²) >= 11 is 5.90. The highest BCUT2D eigenvalue weighted by molar-refractivity contribution is 6.31. The van der Waals surface area contributed by atoms with Crippen LogP contribution in [0.1, 0.15) is 12.8 Å². The first-order valence-electron chi connectivity index (χ1n) is 10.9. The van der Waals surface area contributed by atoms with Crippen molar-refractivity contribution in [3.8, 4) is 5.75 Å². The SMILES string of the molecule is C=CC(=O)Nc1cc2c(Nc3ccc(F)c(Cl)c3)ncnc2cc1OCCCC1COCCN1. The molecule has 1 amide bonds. The molecule has 4 rings (SSSR count). The lowest BCUT2D eigenvalue weighted by Gasteiger charge is -2.23. The molecule has 34 heavy (non-hydrogen) atoms. The van der Waals surface area contributed by atoms with Gasteiger partial charge in [0, 0.05) is 29.7 Å². The fourth-order valence-electron chi connectivity index (χ4n) is 3.61. The van der Waals surface area contributed by atoms with E-state index in [1.54, 1.807) is 18.2 Å². The number of ether oxygens (including phenoxy) is 2. The Morgan fingerprint density at radius 3 is 3.00 bits per heavy atom. The molecule has 1 fully saturated rings. The van der Waals surface area contributed by atoms with Crippen molar-refractivity contribution >= 4 is 45.6 Å². The molecule has 1 aromatic heterocycles. The lowest BCUT2D eigenvalue weighted by molar-refractivity contribution is -0.111. The smallest absolute Gasteiger partial charge is 0.247 e. The van der Waals surface area contributed by atoms with Crippen molar-refractivity contribution in [1.82, 2.24) is 15.3 Å². The fourth-order valence-corrected chi connectivity index (χ4v) is 3.79. The van der Waals surface area contributed by atoms with Gasteiger partial charge in [0.1, 0.15) is 23.7 Å². The number of halogens is 2. The van der Waals surface area contributed by atoms with Crippen molar-refractivity contribution in [2.24, 2.45) is 0 Å². The lowest BCUT2D eigenvalue weighted by atomic mass is 10.1. The predicted molar refractivity (Wildman–Crippen MR) is 130 cm³/mol. The number of benzene rings is 2. The molecule has 0 aliphatic carbocycles. The average Bonchev–Trinajstić information content (AvgIpc) is 2.85. The summed E-state index contributed by atoms with van der Waals surface area (Å²) in [6, 6.07) is 8.09. The van der Waals surface area contributed by atoms with Crippen LogP contribution in [0.3, 0.4) is 0 Å². The minimum atomic E-state index is -0.511. The van der Waals surface area contributed by atoms with Crippen LogP contribution in [0.4, 0.5) is 21.6 Å². The van der Waals surface area contributed by atoms with Gasteiger partial charge in [0.2, 0.25) is 5.91 Å².